The Morgan fingerprint density at radius 1 is 1.27 bits per heavy atom. The molecule has 1 aromatic heterocycles. The zero-order valence-corrected chi connectivity index (χ0v) is 7.99. The molecule has 0 aliphatic rings. The number of rotatable bonds is 3. The molecule has 0 radical (unpaired) electrons. The van der Waals surface area contributed by atoms with Gasteiger partial charge < -0.3 is 10.2 Å². The van der Waals surface area contributed by atoms with Crippen LogP contribution in [0.2, 0.25) is 0 Å². The molecule has 2 N–H and O–H groups in total. The maximum atomic E-state index is 12.6. The van der Waals surface area contributed by atoms with Gasteiger partial charge in [-0.15, -0.1) is 0 Å². The van der Waals surface area contributed by atoms with Crippen LogP contribution in [0, 0.1) is 0 Å². The topological polar surface area (TPSA) is 39.2 Å². The summed E-state index contributed by atoms with van der Waals surface area (Å²) in [5.41, 5.74) is 6.58. The predicted octanol–water partition coefficient (Wildman–Crippen LogP) is 2.74. The summed E-state index contributed by atoms with van der Waals surface area (Å²) >= 11 is 0. The molecular formula is C11H11F2NO. The molecule has 1 unspecified atom stereocenters. The molecule has 4 heteroatoms. The minimum Gasteiger partial charge on any atom is -0.464 e. The van der Waals surface area contributed by atoms with Gasteiger partial charge in [0, 0.05) is 11.9 Å². The van der Waals surface area contributed by atoms with Crippen molar-refractivity contribution < 1.29 is 13.2 Å². The van der Waals surface area contributed by atoms with Gasteiger partial charge in [-0.25, -0.2) is 8.78 Å². The van der Waals surface area contributed by atoms with Crippen LogP contribution in [0.3, 0.4) is 0 Å². The van der Waals surface area contributed by atoms with Crippen LogP contribution in [0.15, 0.2) is 34.9 Å². The Bertz CT molecular complexity index is 453. The highest BCUT2D eigenvalue weighted by Crippen LogP contribution is 2.26. The number of furan rings is 1. The molecule has 0 amide bonds. The Hall–Kier alpha value is -1.42. The van der Waals surface area contributed by atoms with E-state index in [4.69, 9.17) is 10.2 Å². The minimum absolute atomic E-state index is 0.0545. The lowest BCUT2D eigenvalue weighted by Crippen LogP contribution is -2.19. The molecule has 80 valence electrons. The number of fused-ring (bicyclic) bond motifs is 1. The number of benzene rings is 1. The number of nitrogens with two attached hydrogens (primary N) is 1. The molecule has 0 fully saturated rings. The van der Waals surface area contributed by atoms with Crippen molar-refractivity contribution in [2.75, 3.05) is 6.54 Å². The molecule has 15 heavy (non-hydrogen) atoms. The van der Waals surface area contributed by atoms with Crippen molar-refractivity contribution in [3.05, 3.63) is 36.1 Å². The van der Waals surface area contributed by atoms with Crippen molar-refractivity contribution in [1.29, 1.82) is 0 Å². The van der Waals surface area contributed by atoms with Crippen molar-refractivity contribution >= 4 is 11.0 Å². The van der Waals surface area contributed by atoms with Gasteiger partial charge in [-0.1, -0.05) is 6.07 Å². The molecule has 1 heterocycles. The SMILES string of the molecule is NCC(c1ccc2occc2c1)C(F)F. The molecule has 0 saturated carbocycles. The van der Waals surface area contributed by atoms with E-state index in [9.17, 15) is 8.78 Å². The Kier molecular flexibility index (Phi) is 2.68. The average Bonchev–Trinajstić information content (AvgIpc) is 2.65. The number of hydrogen-bond donors (Lipinski definition) is 1. The summed E-state index contributed by atoms with van der Waals surface area (Å²) in [6.07, 6.45) is -0.895. The van der Waals surface area contributed by atoms with Gasteiger partial charge in [-0.3, -0.25) is 0 Å². The van der Waals surface area contributed by atoms with E-state index in [0.29, 0.717) is 11.1 Å². The van der Waals surface area contributed by atoms with Gasteiger partial charge in [0.15, 0.2) is 0 Å². The van der Waals surface area contributed by atoms with Crippen molar-refractivity contribution in [3.63, 3.8) is 0 Å². The van der Waals surface area contributed by atoms with E-state index in [2.05, 4.69) is 0 Å². The molecule has 0 spiro atoms. The van der Waals surface area contributed by atoms with Crippen LogP contribution in [-0.4, -0.2) is 13.0 Å². The zero-order valence-electron chi connectivity index (χ0n) is 7.99. The van der Waals surface area contributed by atoms with Crippen LogP contribution in [0.1, 0.15) is 11.5 Å². The second-order valence-corrected chi connectivity index (χ2v) is 3.39. The van der Waals surface area contributed by atoms with Gasteiger partial charge in [0.2, 0.25) is 6.43 Å². The second-order valence-electron chi connectivity index (χ2n) is 3.39. The van der Waals surface area contributed by atoms with E-state index in [-0.39, 0.29) is 6.54 Å². The number of hydrogen-bond acceptors (Lipinski definition) is 2. The number of alkyl halides is 2. The first-order chi connectivity index (χ1) is 7.22. The summed E-state index contributed by atoms with van der Waals surface area (Å²) < 4.78 is 30.3. The van der Waals surface area contributed by atoms with Crippen molar-refractivity contribution in [1.82, 2.24) is 0 Å². The van der Waals surface area contributed by atoms with Crippen molar-refractivity contribution in [2.45, 2.75) is 12.3 Å². The summed E-state index contributed by atoms with van der Waals surface area (Å²) in [4.78, 5) is 0. The molecular weight excluding hydrogens is 200 g/mol. The lowest BCUT2D eigenvalue weighted by atomic mass is 9.99. The maximum absolute atomic E-state index is 12.6. The van der Waals surface area contributed by atoms with Gasteiger partial charge in [-0.05, 0) is 23.8 Å². The van der Waals surface area contributed by atoms with Crippen molar-refractivity contribution in [3.8, 4) is 0 Å². The standard InChI is InChI=1S/C11H11F2NO/c12-11(13)9(6-14)7-1-2-10-8(5-7)3-4-15-10/h1-5,9,11H,6,14H2. The summed E-state index contributed by atoms with van der Waals surface area (Å²) in [6, 6.07) is 6.77. The third-order valence-corrected chi connectivity index (χ3v) is 2.46. The van der Waals surface area contributed by atoms with E-state index in [1.165, 1.54) is 6.26 Å². The van der Waals surface area contributed by atoms with E-state index in [0.717, 1.165) is 5.39 Å². The molecule has 2 aromatic rings. The summed E-state index contributed by atoms with van der Waals surface area (Å²) in [5, 5.41) is 0.826. The van der Waals surface area contributed by atoms with E-state index < -0.39 is 12.3 Å². The Morgan fingerprint density at radius 2 is 2.07 bits per heavy atom. The summed E-state index contributed by atoms with van der Waals surface area (Å²) in [5.74, 6) is -0.899. The van der Waals surface area contributed by atoms with E-state index in [1.54, 1.807) is 24.3 Å². The Morgan fingerprint density at radius 3 is 2.73 bits per heavy atom. The van der Waals surface area contributed by atoms with Crippen LogP contribution >= 0.6 is 0 Å². The summed E-state index contributed by atoms with van der Waals surface area (Å²) in [6.45, 7) is -0.0545. The fourth-order valence-electron chi connectivity index (χ4n) is 1.60. The third-order valence-electron chi connectivity index (χ3n) is 2.46. The van der Waals surface area contributed by atoms with Crippen LogP contribution < -0.4 is 5.73 Å². The van der Waals surface area contributed by atoms with Crippen LogP contribution in [0.4, 0.5) is 8.78 Å². The minimum atomic E-state index is -2.43. The van der Waals surface area contributed by atoms with Crippen LogP contribution in [-0.2, 0) is 0 Å². The summed E-state index contributed by atoms with van der Waals surface area (Å²) in [7, 11) is 0. The average molecular weight is 211 g/mol. The fourth-order valence-corrected chi connectivity index (χ4v) is 1.60. The highest BCUT2D eigenvalue weighted by atomic mass is 19.3. The predicted molar refractivity (Wildman–Crippen MR) is 54.0 cm³/mol. The van der Waals surface area contributed by atoms with E-state index in [1.807, 2.05) is 0 Å². The van der Waals surface area contributed by atoms with Gasteiger partial charge in [-0.2, -0.15) is 0 Å². The van der Waals surface area contributed by atoms with Gasteiger partial charge in [0.25, 0.3) is 0 Å². The van der Waals surface area contributed by atoms with Crippen molar-refractivity contribution in [2.24, 2.45) is 5.73 Å². The van der Waals surface area contributed by atoms with Crippen LogP contribution in [0.25, 0.3) is 11.0 Å². The molecule has 2 nitrogen and oxygen atoms in total. The van der Waals surface area contributed by atoms with E-state index >= 15 is 0 Å². The largest absolute Gasteiger partial charge is 0.464 e. The molecule has 0 bridgehead atoms. The normalized spacial score (nSPS) is 13.6. The quantitative estimate of drug-likeness (QED) is 0.847. The zero-order chi connectivity index (χ0) is 10.8. The lowest BCUT2D eigenvalue weighted by Gasteiger charge is -2.13. The van der Waals surface area contributed by atoms with Gasteiger partial charge in [0.1, 0.15) is 5.58 Å². The highest BCUT2D eigenvalue weighted by Gasteiger charge is 2.20. The molecule has 1 aromatic carbocycles. The first-order valence-electron chi connectivity index (χ1n) is 4.67. The Labute approximate surface area is 85.7 Å². The molecule has 0 aliphatic carbocycles. The molecule has 1 atom stereocenters. The molecule has 2 rings (SSSR count). The Balaban J connectivity index is 2.41. The highest BCUT2D eigenvalue weighted by molar-refractivity contribution is 5.77. The van der Waals surface area contributed by atoms with Crippen LogP contribution in [0.5, 0.6) is 0 Å². The maximum Gasteiger partial charge on any atom is 0.246 e. The third kappa shape index (κ3) is 1.85. The van der Waals surface area contributed by atoms with Gasteiger partial charge in [0.05, 0.1) is 12.2 Å². The fraction of sp³-hybridized carbons (Fsp3) is 0.273. The lowest BCUT2D eigenvalue weighted by molar-refractivity contribution is 0.117. The monoisotopic (exact) mass is 211 g/mol. The first-order valence-corrected chi connectivity index (χ1v) is 4.67. The number of halogens is 2. The molecule has 0 aliphatic heterocycles. The first kappa shape index (κ1) is 10.1. The second kappa shape index (κ2) is 3.98. The van der Waals surface area contributed by atoms with Gasteiger partial charge >= 0.3 is 0 Å². The molecule has 0 saturated heterocycles. The smallest absolute Gasteiger partial charge is 0.246 e.